The highest BCUT2D eigenvalue weighted by Crippen LogP contribution is 2.28. The van der Waals surface area contributed by atoms with Crippen LogP contribution in [-0.2, 0) is 9.53 Å². The first-order valence-corrected chi connectivity index (χ1v) is 7.53. The molecule has 0 bridgehead atoms. The van der Waals surface area contributed by atoms with Crippen molar-refractivity contribution in [1.29, 1.82) is 0 Å². The second kappa shape index (κ2) is 8.26. The van der Waals surface area contributed by atoms with Gasteiger partial charge in [0.05, 0.1) is 14.2 Å². The third-order valence-corrected chi connectivity index (χ3v) is 3.73. The molecule has 1 heterocycles. The fraction of sp³-hybridized carbons (Fsp3) is 0.500. The molecule has 0 aliphatic carbocycles. The largest absolute Gasteiger partial charge is 0.493 e. The van der Waals surface area contributed by atoms with Crippen LogP contribution in [0.3, 0.4) is 0 Å². The summed E-state index contributed by atoms with van der Waals surface area (Å²) >= 11 is 0. The number of ether oxygens (including phenoxy) is 3. The van der Waals surface area contributed by atoms with E-state index in [4.69, 9.17) is 9.47 Å². The van der Waals surface area contributed by atoms with Crippen LogP contribution >= 0.6 is 0 Å². The van der Waals surface area contributed by atoms with E-state index in [1.165, 1.54) is 7.11 Å². The molecule has 0 spiro atoms. The van der Waals surface area contributed by atoms with Crippen LogP contribution in [0.4, 0.5) is 4.79 Å². The van der Waals surface area contributed by atoms with Gasteiger partial charge < -0.3 is 24.4 Å². The Bertz CT molecular complexity index is 541. The van der Waals surface area contributed by atoms with Gasteiger partial charge in [-0.2, -0.15) is 0 Å². The van der Waals surface area contributed by atoms with Crippen molar-refractivity contribution in [2.45, 2.75) is 18.9 Å². The Balaban J connectivity index is 1.79. The molecule has 0 unspecified atom stereocenters. The molecule has 23 heavy (non-hydrogen) atoms. The third-order valence-electron chi connectivity index (χ3n) is 3.73. The van der Waals surface area contributed by atoms with Gasteiger partial charge in [-0.3, -0.25) is 4.79 Å². The number of alkyl carbamates (subject to hydrolysis) is 1. The van der Waals surface area contributed by atoms with Crippen LogP contribution in [-0.4, -0.2) is 56.9 Å². The maximum atomic E-state index is 12.0. The van der Waals surface area contributed by atoms with Crippen LogP contribution in [0.15, 0.2) is 24.3 Å². The zero-order valence-corrected chi connectivity index (χ0v) is 13.4. The zero-order chi connectivity index (χ0) is 16.7. The Morgan fingerprint density at radius 2 is 1.83 bits per heavy atom. The van der Waals surface area contributed by atoms with Gasteiger partial charge >= 0.3 is 6.09 Å². The first kappa shape index (κ1) is 16.9. The molecular formula is C16H22N2O5. The highest BCUT2D eigenvalue weighted by atomic mass is 16.5. The number of rotatable bonds is 5. The Morgan fingerprint density at radius 3 is 2.43 bits per heavy atom. The smallest absolute Gasteiger partial charge is 0.407 e. The topological polar surface area (TPSA) is 77.1 Å². The molecule has 1 saturated heterocycles. The van der Waals surface area contributed by atoms with Gasteiger partial charge in [-0.25, -0.2) is 4.79 Å². The quantitative estimate of drug-likeness (QED) is 0.887. The molecule has 1 fully saturated rings. The molecule has 126 valence electrons. The number of nitrogens with zero attached hydrogens (tertiary/aromatic N) is 1. The number of piperidine rings is 1. The van der Waals surface area contributed by atoms with E-state index in [1.54, 1.807) is 12.0 Å². The van der Waals surface area contributed by atoms with E-state index in [-0.39, 0.29) is 18.6 Å². The van der Waals surface area contributed by atoms with Gasteiger partial charge in [0.2, 0.25) is 5.91 Å². The molecule has 1 N–H and O–H groups in total. The van der Waals surface area contributed by atoms with Crippen molar-refractivity contribution >= 4 is 12.0 Å². The minimum Gasteiger partial charge on any atom is -0.493 e. The van der Waals surface area contributed by atoms with Crippen molar-refractivity contribution in [3.05, 3.63) is 24.3 Å². The predicted octanol–water partition coefficient (Wildman–Crippen LogP) is 1.42. The van der Waals surface area contributed by atoms with E-state index in [0.29, 0.717) is 24.6 Å². The van der Waals surface area contributed by atoms with Gasteiger partial charge in [0.25, 0.3) is 0 Å². The Labute approximate surface area is 135 Å². The van der Waals surface area contributed by atoms with Crippen LogP contribution in [0.25, 0.3) is 0 Å². The van der Waals surface area contributed by atoms with E-state index >= 15 is 0 Å². The second-order valence-electron chi connectivity index (χ2n) is 5.19. The van der Waals surface area contributed by atoms with Gasteiger partial charge in [0, 0.05) is 25.9 Å². The van der Waals surface area contributed by atoms with Gasteiger partial charge in [-0.1, -0.05) is 12.1 Å². The van der Waals surface area contributed by atoms with Crippen LogP contribution < -0.4 is 14.8 Å². The van der Waals surface area contributed by atoms with Crippen LogP contribution in [0.5, 0.6) is 11.5 Å². The summed E-state index contributed by atoms with van der Waals surface area (Å²) in [5.74, 6) is 1.30. The summed E-state index contributed by atoms with van der Waals surface area (Å²) in [7, 11) is 2.87. The fourth-order valence-electron chi connectivity index (χ4n) is 2.45. The second-order valence-corrected chi connectivity index (χ2v) is 5.19. The number of hydrogen-bond donors (Lipinski definition) is 1. The lowest BCUT2D eigenvalue weighted by Crippen LogP contribution is -2.46. The summed E-state index contributed by atoms with van der Waals surface area (Å²) in [5.41, 5.74) is 0. The minimum absolute atomic E-state index is 0.0453. The highest BCUT2D eigenvalue weighted by Gasteiger charge is 2.24. The number of methoxy groups -OCH3 is 2. The van der Waals surface area contributed by atoms with Gasteiger partial charge in [-0.15, -0.1) is 0 Å². The van der Waals surface area contributed by atoms with E-state index < -0.39 is 6.09 Å². The predicted molar refractivity (Wildman–Crippen MR) is 83.6 cm³/mol. The van der Waals surface area contributed by atoms with E-state index in [1.807, 2.05) is 24.3 Å². The van der Waals surface area contributed by atoms with Crippen molar-refractivity contribution in [2.24, 2.45) is 0 Å². The van der Waals surface area contributed by atoms with E-state index in [0.717, 1.165) is 12.8 Å². The zero-order valence-electron chi connectivity index (χ0n) is 13.4. The number of carbonyl (C=O) groups excluding carboxylic acids is 2. The number of carbonyl (C=O) groups is 2. The molecule has 0 radical (unpaired) electrons. The standard InChI is InChI=1S/C16H22N2O5/c1-21-13-5-3-4-6-14(13)23-12-7-9-18(10-8-12)15(19)11-17-16(20)22-2/h3-6,12H,7-11H2,1-2H3,(H,17,20). The number of hydrogen-bond acceptors (Lipinski definition) is 5. The number of likely N-dealkylation sites (tertiary alicyclic amines) is 1. The van der Waals surface area contributed by atoms with Gasteiger partial charge in [0.15, 0.2) is 11.5 Å². The van der Waals surface area contributed by atoms with Crippen molar-refractivity contribution < 1.29 is 23.8 Å². The Hall–Kier alpha value is -2.44. The first-order chi connectivity index (χ1) is 11.1. The molecule has 0 saturated carbocycles. The first-order valence-electron chi connectivity index (χ1n) is 7.53. The summed E-state index contributed by atoms with van der Waals surface area (Å²) in [6, 6.07) is 7.51. The van der Waals surface area contributed by atoms with Crippen LogP contribution in [0, 0.1) is 0 Å². The molecule has 1 aromatic carbocycles. The number of nitrogens with one attached hydrogen (secondary N) is 1. The Morgan fingerprint density at radius 1 is 1.17 bits per heavy atom. The Kier molecular flexibility index (Phi) is 6.08. The van der Waals surface area contributed by atoms with Crippen molar-refractivity contribution in [3.8, 4) is 11.5 Å². The molecule has 1 aliphatic rings. The summed E-state index contributed by atoms with van der Waals surface area (Å²) < 4.78 is 15.7. The molecule has 1 aromatic rings. The fourth-order valence-corrected chi connectivity index (χ4v) is 2.45. The molecule has 0 aromatic heterocycles. The minimum atomic E-state index is -0.604. The summed E-state index contributed by atoms with van der Waals surface area (Å²) in [6.45, 7) is 1.15. The van der Waals surface area contributed by atoms with Crippen molar-refractivity contribution in [2.75, 3.05) is 33.9 Å². The van der Waals surface area contributed by atoms with Crippen molar-refractivity contribution in [1.82, 2.24) is 10.2 Å². The summed E-state index contributed by atoms with van der Waals surface area (Å²) in [4.78, 5) is 24.7. The molecule has 1 aliphatic heterocycles. The lowest BCUT2D eigenvalue weighted by atomic mass is 10.1. The average Bonchev–Trinajstić information content (AvgIpc) is 2.60. The molecular weight excluding hydrogens is 300 g/mol. The average molecular weight is 322 g/mol. The molecule has 0 atom stereocenters. The normalized spacial score (nSPS) is 15.0. The summed E-state index contributed by atoms with van der Waals surface area (Å²) in [6.07, 6.45) is 0.918. The SMILES string of the molecule is COC(=O)NCC(=O)N1CCC(Oc2ccccc2OC)CC1. The molecule has 7 nitrogen and oxygen atoms in total. The van der Waals surface area contributed by atoms with E-state index in [9.17, 15) is 9.59 Å². The lowest BCUT2D eigenvalue weighted by molar-refractivity contribution is -0.131. The molecule has 2 rings (SSSR count). The molecule has 7 heteroatoms. The van der Waals surface area contributed by atoms with E-state index in [2.05, 4.69) is 10.1 Å². The maximum Gasteiger partial charge on any atom is 0.407 e. The van der Waals surface area contributed by atoms with Gasteiger partial charge in [-0.05, 0) is 12.1 Å². The summed E-state index contributed by atoms with van der Waals surface area (Å²) in [5, 5.41) is 2.40. The molecule has 2 amide bonds. The maximum absolute atomic E-state index is 12.0. The van der Waals surface area contributed by atoms with Crippen LogP contribution in [0.1, 0.15) is 12.8 Å². The monoisotopic (exact) mass is 322 g/mol. The van der Waals surface area contributed by atoms with Crippen LogP contribution in [0.2, 0.25) is 0 Å². The number of benzene rings is 1. The highest BCUT2D eigenvalue weighted by molar-refractivity contribution is 5.82. The lowest BCUT2D eigenvalue weighted by Gasteiger charge is -2.32. The number of amides is 2. The van der Waals surface area contributed by atoms with Crippen molar-refractivity contribution in [3.63, 3.8) is 0 Å². The van der Waals surface area contributed by atoms with Gasteiger partial charge in [0.1, 0.15) is 12.6 Å². The third kappa shape index (κ3) is 4.77. The number of para-hydroxylation sites is 2.